The summed E-state index contributed by atoms with van der Waals surface area (Å²) in [5.74, 6) is -4.30. The Morgan fingerprint density at radius 3 is 1.80 bits per heavy atom. The molecule has 232 valence electrons. The minimum atomic E-state index is -2.37. The fraction of sp³-hybridized carbons (Fsp3) is 0.737. The number of carboxylic acid groups (broad SMARTS) is 2. The number of aliphatic carboxylic acids is 2. The highest BCUT2D eigenvalue weighted by Crippen LogP contribution is 2.08. The van der Waals surface area contributed by atoms with Gasteiger partial charge in [0.05, 0.1) is 17.3 Å². The largest absolute Gasteiger partial charge is 0.480 e. The standard InChI is InChI=1S/C19H36N6O12S3/c20-9(17(32)33)5-38-7-11(26)22-1-2-24-16(31)14(29)13(28)15(30)19(36)40(37)25-4-3-23-12(27)8-39-6-10(21)18(34)35/h9-10,13-15,19,25,28-30,36H,1-8,20-21H2,(H,22,26)(H,23,27)(H,24,31)(H,32,33)(H,34,35)/p+1. The highest BCUT2D eigenvalue weighted by Gasteiger charge is 2.36. The predicted octanol–water partition coefficient (Wildman–Crippen LogP) is -7.44. The van der Waals surface area contributed by atoms with E-state index in [4.69, 9.17) is 15.9 Å². The second-order valence-corrected chi connectivity index (χ2v) is 11.4. The van der Waals surface area contributed by atoms with Crippen molar-refractivity contribution < 1.29 is 64.6 Å². The molecule has 0 saturated heterocycles. The molecular formula is C19H37N6O12S3+. The number of quaternary nitrogens is 1. The minimum absolute atomic E-state index is 0.0202. The second kappa shape index (κ2) is 20.7. The molecule has 0 fully saturated rings. The summed E-state index contributed by atoms with van der Waals surface area (Å²) in [7, 11) is -2.37. The summed E-state index contributed by atoms with van der Waals surface area (Å²) in [4.78, 5) is 56.6. The van der Waals surface area contributed by atoms with Crippen molar-refractivity contribution in [2.45, 2.75) is 35.8 Å². The van der Waals surface area contributed by atoms with Crippen LogP contribution >= 0.6 is 23.5 Å². The Labute approximate surface area is 240 Å². The topological polar surface area (TPSA) is 326 Å². The second-order valence-electron chi connectivity index (χ2n) is 8.01. The normalized spacial score (nSPS) is 16.4. The van der Waals surface area contributed by atoms with Gasteiger partial charge in [-0.1, -0.05) is 0 Å². The van der Waals surface area contributed by atoms with Crippen molar-refractivity contribution in [2.75, 3.05) is 49.2 Å². The zero-order valence-corrected chi connectivity index (χ0v) is 23.7. The lowest BCUT2D eigenvalue weighted by Crippen LogP contribution is -2.66. The maximum atomic E-state index is 12.1. The number of amides is 3. The monoisotopic (exact) mass is 637 g/mol. The van der Waals surface area contributed by atoms with E-state index in [0.29, 0.717) is 0 Å². The quantitative estimate of drug-likeness (QED) is 0.0490. The van der Waals surface area contributed by atoms with Crippen LogP contribution in [0.5, 0.6) is 0 Å². The van der Waals surface area contributed by atoms with Crippen LogP contribution in [0.4, 0.5) is 0 Å². The van der Waals surface area contributed by atoms with Gasteiger partial charge in [-0.2, -0.15) is 0 Å². The van der Waals surface area contributed by atoms with Crippen LogP contribution in [-0.2, 0) is 35.0 Å². The zero-order chi connectivity index (χ0) is 30.8. The number of nitrogens with one attached hydrogen (secondary N) is 4. The Bertz CT molecular complexity index is 805. The molecule has 40 heavy (non-hydrogen) atoms. The molecule has 0 aliphatic carbocycles. The highest BCUT2D eigenvalue weighted by molar-refractivity contribution is 8.00. The molecule has 0 saturated carbocycles. The van der Waals surface area contributed by atoms with Crippen LogP contribution < -0.4 is 32.1 Å². The molecule has 0 radical (unpaired) electrons. The molecule has 18 nitrogen and oxygen atoms in total. The van der Waals surface area contributed by atoms with Gasteiger partial charge in [0.2, 0.25) is 11.8 Å². The van der Waals surface area contributed by atoms with Gasteiger partial charge < -0.3 is 58.1 Å². The Morgan fingerprint density at radius 1 is 0.775 bits per heavy atom. The molecule has 0 aromatic heterocycles. The molecule has 15 N–H and O–H groups in total. The number of carboxylic acids is 2. The van der Waals surface area contributed by atoms with Gasteiger partial charge in [0, 0.05) is 31.9 Å². The molecule has 21 heteroatoms. The first-order valence-corrected chi connectivity index (χ1v) is 15.1. The van der Waals surface area contributed by atoms with Crippen LogP contribution in [0, 0.1) is 0 Å². The molecule has 0 bridgehead atoms. The molecule has 7 unspecified atom stereocenters. The first-order chi connectivity index (χ1) is 18.7. The Balaban J connectivity index is 4.25. The Hall–Kier alpha value is -2.08. The van der Waals surface area contributed by atoms with E-state index >= 15 is 0 Å². The number of aliphatic hydroxyl groups is 4. The van der Waals surface area contributed by atoms with Crippen molar-refractivity contribution >= 4 is 64.2 Å². The number of hydrogen-bond donors (Lipinski definition) is 12. The summed E-state index contributed by atoms with van der Waals surface area (Å²) in [6, 6.07) is -1.98. The number of rotatable bonds is 22. The summed E-state index contributed by atoms with van der Waals surface area (Å²) < 4.78 is 14.4. The number of carbonyl (C=O) groups excluding carboxylic acids is 3. The van der Waals surface area contributed by atoms with E-state index in [-0.39, 0.29) is 49.2 Å². The summed E-state index contributed by atoms with van der Waals surface area (Å²) in [6.45, 7) is -0.430. The van der Waals surface area contributed by atoms with Gasteiger partial charge in [0.1, 0.15) is 29.2 Å². The van der Waals surface area contributed by atoms with Crippen molar-refractivity contribution in [3.05, 3.63) is 0 Å². The number of carbonyl (C=O) groups is 5. The molecule has 3 amide bonds. The van der Waals surface area contributed by atoms with Crippen LogP contribution in [0.25, 0.3) is 0 Å². The van der Waals surface area contributed by atoms with Gasteiger partial charge in [-0.25, -0.2) is 13.7 Å². The zero-order valence-electron chi connectivity index (χ0n) is 21.3. The molecule has 0 aromatic carbocycles. The van der Waals surface area contributed by atoms with Crippen molar-refractivity contribution in [3.63, 3.8) is 0 Å². The summed E-state index contributed by atoms with van der Waals surface area (Å²) in [5, 5.41) is 64.3. The van der Waals surface area contributed by atoms with Gasteiger partial charge >= 0.3 is 11.9 Å². The molecule has 0 spiro atoms. The van der Waals surface area contributed by atoms with E-state index < -0.39 is 76.5 Å². The van der Waals surface area contributed by atoms with Crippen molar-refractivity contribution in [2.24, 2.45) is 5.73 Å². The van der Waals surface area contributed by atoms with E-state index in [9.17, 15) is 48.6 Å². The average molecular weight is 638 g/mol. The molecule has 0 aliphatic heterocycles. The molecule has 0 aliphatic rings. The molecule has 0 heterocycles. The first kappa shape index (κ1) is 37.9. The van der Waals surface area contributed by atoms with E-state index in [1.54, 1.807) is 0 Å². The van der Waals surface area contributed by atoms with Gasteiger partial charge in [-0.15, -0.1) is 23.5 Å². The fourth-order valence-electron chi connectivity index (χ4n) is 2.39. The number of aliphatic hydroxyl groups excluding tert-OH is 4. The van der Waals surface area contributed by atoms with Gasteiger partial charge in [0.25, 0.3) is 5.91 Å². The lowest BCUT2D eigenvalue weighted by Gasteiger charge is -2.25. The van der Waals surface area contributed by atoms with Crippen molar-refractivity contribution in [3.8, 4) is 0 Å². The summed E-state index contributed by atoms with van der Waals surface area (Å²) in [6.07, 6.45) is -6.66. The number of nitrogens with two attached hydrogens (primary N) is 1. The smallest absolute Gasteiger partial charge is 0.363 e. The van der Waals surface area contributed by atoms with E-state index in [0.717, 1.165) is 23.5 Å². The molecule has 7 atom stereocenters. The number of thioether (sulfide) groups is 2. The highest BCUT2D eigenvalue weighted by atomic mass is 32.2. The average Bonchev–Trinajstić information content (AvgIpc) is 2.90. The van der Waals surface area contributed by atoms with Crippen LogP contribution in [0.1, 0.15) is 0 Å². The lowest BCUT2D eigenvalue weighted by molar-refractivity contribution is -0.400. The number of hydrogen-bond acceptors (Lipinski definition) is 13. The third kappa shape index (κ3) is 16.2. The molecular weight excluding hydrogens is 600 g/mol. The van der Waals surface area contributed by atoms with Gasteiger partial charge in [-0.3, -0.25) is 19.2 Å². The predicted molar refractivity (Wildman–Crippen MR) is 144 cm³/mol. The first-order valence-electron chi connectivity index (χ1n) is 11.6. The van der Waals surface area contributed by atoms with Crippen LogP contribution in [0.2, 0.25) is 0 Å². The lowest BCUT2D eigenvalue weighted by atomic mass is 10.1. The van der Waals surface area contributed by atoms with E-state index in [1.807, 2.05) is 0 Å². The van der Waals surface area contributed by atoms with Crippen molar-refractivity contribution in [1.29, 1.82) is 0 Å². The fourth-order valence-corrected chi connectivity index (χ4v) is 4.91. The SMILES string of the molecule is NC(CSCC(=O)NCCNS(=O)C(O)C(O)C(O)C(O)C(=O)NCCNC(=O)CSCC([NH3+])C(=O)O)C(=O)O. The van der Waals surface area contributed by atoms with E-state index in [2.05, 4.69) is 26.4 Å². The Morgan fingerprint density at radius 2 is 1.27 bits per heavy atom. The van der Waals surface area contributed by atoms with Gasteiger partial charge in [-0.05, 0) is 0 Å². The van der Waals surface area contributed by atoms with Crippen molar-refractivity contribution in [1.82, 2.24) is 20.7 Å². The van der Waals surface area contributed by atoms with Crippen LogP contribution in [0.15, 0.2) is 0 Å². The summed E-state index contributed by atoms with van der Waals surface area (Å²) in [5.41, 5.74) is 6.58. The van der Waals surface area contributed by atoms with Crippen LogP contribution in [0.3, 0.4) is 0 Å². The minimum Gasteiger partial charge on any atom is -0.480 e. The maximum absolute atomic E-state index is 12.1. The Kier molecular flexibility index (Phi) is 19.7. The van der Waals surface area contributed by atoms with E-state index in [1.165, 1.54) is 0 Å². The van der Waals surface area contributed by atoms with Gasteiger partial charge in [0.15, 0.2) is 17.6 Å². The molecule has 0 rings (SSSR count). The maximum Gasteiger partial charge on any atom is 0.363 e. The molecule has 0 aromatic rings. The summed E-state index contributed by atoms with van der Waals surface area (Å²) >= 11 is 2.05. The van der Waals surface area contributed by atoms with Crippen LogP contribution in [-0.4, -0.2) is 150 Å². The third-order valence-corrected chi connectivity index (χ3v) is 8.01. The third-order valence-electron chi connectivity index (χ3n) is 4.64.